The summed E-state index contributed by atoms with van der Waals surface area (Å²) in [5, 5.41) is 5.97. The fraction of sp³-hybridized carbons (Fsp3) is 0.517. The van der Waals surface area contributed by atoms with Gasteiger partial charge in [0.15, 0.2) is 11.6 Å². The van der Waals surface area contributed by atoms with Crippen LogP contribution < -0.4 is 10.6 Å². The molecule has 2 aromatic rings. The lowest BCUT2D eigenvalue weighted by Gasteiger charge is -2.38. The van der Waals surface area contributed by atoms with Crippen LogP contribution in [-0.4, -0.2) is 96.2 Å². The largest absolute Gasteiger partial charge is 0.378 e. The molecule has 0 unspecified atom stereocenters. The number of anilines is 1. The molecule has 4 aliphatic heterocycles. The molecule has 3 fully saturated rings. The van der Waals surface area contributed by atoms with Gasteiger partial charge in [0.2, 0.25) is 5.91 Å². The molecule has 2 atom stereocenters. The first kappa shape index (κ1) is 27.4. The van der Waals surface area contributed by atoms with Crippen LogP contribution >= 0.6 is 0 Å². The first-order chi connectivity index (χ1) is 19.9. The number of piperidine rings is 1. The molecule has 0 radical (unpaired) electrons. The Balaban J connectivity index is 1.15. The van der Waals surface area contributed by atoms with Crippen LogP contribution in [0.3, 0.4) is 0 Å². The van der Waals surface area contributed by atoms with Gasteiger partial charge in [0.05, 0.1) is 18.6 Å². The number of carbonyl (C=O) groups is 3. The van der Waals surface area contributed by atoms with E-state index in [9.17, 15) is 23.2 Å². The van der Waals surface area contributed by atoms with Crippen LogP contribution in [0.4, 0.5) is 24.2 Å². The number of urea groups is 2. The average Bonchev–Trinajstić information content (AvgIpc) is 3.12. The first-order valence-corrected chi connectivity index (χ1v) is 14.2. The molecule has 0 saturated carbocycles. The zero-order chi connectivity index (χ0) is 28.6. The minimum atomic E-state index is -0.917. The van der Waals surface area contributed by atoms with E-state index in [0.29, 0.717) is 70.9 Å². The van der Waals surface area contributed by atoms with Crippen molar-refractivity contribution in [1.82, 2.24) is 25.0 Å². The van der Waals surface area contributed by atoms with E-state index in [2.05, 4.69) is 15.6 Å². The van der Waals surface area contributed by atoms with Gasteiger partial charge in [0, 0.05) is 63.0 Å². The van der Waals surface area contributed by atoms with Crippen molar-refractivity contribution in [2.45, 2.75) is 43.1 Å². The SMILES string of the molecule is O=C(N[C@@H]1CC[C@@H](c2cccc(F)c2F)CN(C(=O)N2CCOCC2)C1)N1CCC2(CC1)C(=O)Nc1ncccc12. The third kappa shape index (κ3) is 5.20. The Kier molecular flexibility index (Phi) is 7.50. The molecule has 3 saturated heterocycles. The van der Waals surface area contributed by atoms with Crippen LogP contribution in [0, 0.1) is 11.6 Å². The Morgan fingerprint density at radius 1 is 0.976 bits per heavy atom. The van der Waals surface area contributed by atoms with Crippen LogP contribution in [-0.2, 0) is 14.9 Å². The average molecular weight is 569 g/mol. The highest BCUT2D eigenvalue weighted by Gasteiger charge is 2.49. The van der Waals surface area contributed by atoms with Crippen LogP contribution in [0.25, 0.3) is 0 Å². The molecule has 5 amide bonds. The second kappa shape index (κ2) is 11.2. The van der Waals surface area contributed by atoms with E-state index in [1.54, 1.807) is 27.0 Å². The summed E-state index contributed by atoms with van der Waals surface area (Å²) in [5.41, 5.74) is 0.427. The van der Waals surface area contributed by atoms with E-state index in [-0.39, 0.29) is 42.7 Å². The topological polar surface area (TPSA) is 107 Å². The second-order valence-electron chi connectivity index (χ2n) is 11.3. The summed E-state index contributed by atoms with van der Waals surface area (Å²) in [6.07, 6.45) is 3.59. The minimum Gasteiger partial charge on any atom is -0.378 e. The maximum absolute atomic E-state index is 14.8. The molecule has 1 spiro atoms. The number of likely N-dealkylation sites (tertiary alicyclic amines) is 2. The number of ether oxygens (including phenoxy) is 1. The van der Waals surface area contributed by atoms with E-state index >= 15 is 0 Å². The number of nitrogens with zero attached hydrogens (tertiary/aromatic N) is 4. The van der Waals surface area contributed by atoms with Gasteiger partial charge in [0.25, 0.3) is 0 Å². The monoisotopic (exact) mass is 568 g/mol. The smallest absolute Gasteiger partial charge is 0.320 e. The van der Waals surface area contributed by atoms with E-state index in [1.165, 1.54) is 6.07 Å². The molecule has 0 aliphatic carbocycles. The molecule has 12 heteroatoms. The zero-order valence-corrected chi connectivity index (χ0v) is 22.8. The van der Waals surface area contributed by atoms with Crippen LogP contribution in [0.1, 0.15) is 42.7 Å². The highest BCUT2D eigenvalue weighted by Crippen LogP contribution is 2.43. The van der Waals surface area contributed by atoms with Gasteiger partial charge in [-0.15, -0.1) is 0 Å². The molecule has 5 heterocycles. The highest BCUT2D eigenvalue weighted by molar-refractivity contribution is 6.05. The Hall–Kier alpha value is -3.80. The molecular weight excluding hydrogens is 534 g/mol. The van der Waals surface area contributed by atoms with Crippen LogP contribution in [0.2, 0.25) is 0 Å². The van der Waals surface area contributed by atoms with Crippen molar-refractivity contribution in [2.24, 2.45) is 0 Å². The van der Waals surface area contributed by atoms with E-state index in [1.807, 2.05) is 12.1 Å². The second-order valence-corrected chi connectivity index (χ2v) is 11.3. The maximum Gasteiger partial charge on any atom is 0.320 e. The number of rotatable bonds is 2. The van der Waals surface area contributed by atoms with Gasteiger partial charge in [0.1, 0.15) is 5.82 Å². The molecular formula is C29H34F2N6O4. The number of aromatic nitrogens is 1. The normalized spacial score (nSPS) is 24.0. The first-order valence-electron chi connectivity index (χ1n) is 14.2. The molecule has 41 heavy (non-hydrogen) atoms. The van der Waals surface area contributed by atoms with Gasteiger partial charge in [-0.2, -0.15) is 0 Å². The fourth-order valence-corrected chi connectivity index (χ4v) is 6.60. The number of benzene rings is 1. The molecule has 4 aliphatic rings. The number of morpholine rings is 1. The van der Waals surface area contributed by atoms with Crippen molar-refractivity contribution in [3.05, 3.63) is 59.3 Å². The van der Waals surface area contributed by atoms with Gasteiger partial charge < -0.3 is 30.1 Å². The Labute approximate surface area is 237 Å². The number of pyridine rings is 1. The predicted molar refractivity (Wildman–Crippen MR) is 145 cm³/mol. The Bertz CT molecular complexity index is 1330. The number of fused-ring (bicyclic) bond motifs is 2. The van der Waals surface area contributed by atoms with Crippen molar-refractivity contribution in [2.75, 3.05) is 57.8 Å². The summed E-state index contributed by atoms with van der Waals surface area (Å²) in [7, 11) is 0. The van der Waals surface area contributed by atoms with Gasteiger partial charge >= 0.3 is 12.1 Å². The third-order valence-electron chi connectivity index (χ3n) is 8.94. The highest BCUT2D eigenvalue weighted by atomic mass is 19.2. The van der Waals surface area contributed by atoms with Crippen molar-refractivity contribution in [3.8, 4) is 0 Å². The van der Waals surface area contributed by atoms with Crippen molar-refractivity contribution >= 4 is 23.8 Å². The summed E-state index contributed by atoms with van der Waals surface area (Å²) in [4.78, 5) is 49.1. The summed E-state index contributed by atoms with van der Waals surface area (Å²) in [6, 6.07) is 7.04. The Morgan fingerprint density at radius 2 is 1.76 bits per heavy atom. The van der Waals surface area contributed by atoms with E-state index in [4.69, 9.17) is 4.74 Å². The third-order valence-corrected chi connectivity index (χ3v) is 8.94. The molecule has 218 valence electrons. The van der Waals surface area contributed by atoms with Crippen molar-refractivity contribution in [3.63, 3.8) is 0 Å². The fourth-order valence-electron chi connectivity index (χ4n) is 6.60. The van der Waals surface area contributed by atoms with Gasteiger partial charge in [-0.1, -0.05) is 18.2 Å². The quantitative estimate of drug-likeness (QED) is 0.579. The van der Waals surface area contributed by atoms with E-state index < -0.39 is 23.0 Å². The van der Waals surface area contributed by atoms with Crippen molar-refractivity contribution < 1.29 is 27.9 Å². The minimum absolute atomic E-state index is 0.0806. The van der Waals surface area contributed by atoms with E-state index in [0.717, 1.165) is 11.6 Å². The van der Waals surface area contributed by atoms with Crippen LogP contribution in [0.15, 0.2) is 36.5 Å². The van der Waals surface area contributed by atoms with Crippen molar-refractivity contribution in [1.29, 1.82) is 0 Å². The molecule has 6 rings (SSSR count). The van der Waals surface area contributed by atoms with Gasteiger partial charge in [-0.05, 0) is 43.4 Å². The maximum atomic E-state index is 14.8. The number of hydrogen-bond acceptors (Lipinski definition) is 5. The summed E-state index contributed by atoms with van der Waals surface area (Å²) >= 11 is 0. The summed E-state index contributed by atoms with van der Waals surface area (Å²) < 4.78 is 34.3. The van der Waals surface area contributed by atoms with Gasteiger partial charge in [-0.25, -0.2) is 23.4 Å². The molecule has 2 N–H and O–H groups in total. The molecule has 0 bridgehead atoms. The summed E-state index contributed by atoms with van der Waals surface area (Å²) in [6.45, 7) is 3.06. The number of carbonyl (C=O) groups excluding carboxylic acids is 3. The molecule has 10 nitrogen and oxygen atoms in total. The lowest BCUT2D eigenvalue weighted by molar-refractivity contribution is -0.122. The number of halogens is 2. The number of amides is 5. The molecule has 1 aromatic carbocycles. The van der Waals surface area contributed by atoms with Gasteiger partial charge in [-0.3, -0.25) is 4.79 Å². The summed E-state index contributed by atoms with van der Waals surface area (Å²) in [5.74, 6) is -1.72. The lowest BCUT2D eigenvalue weighted by atomic mass is 9.74. The number of hydrogen-bond donors (Lipinski definition) is 2. The molecule has 1 aromatic heterocycles. The Morgan fingerprint density at radius 3 is 2.54 bits per heavy atom. The number of nitrogens with one attached hydrogen (secondary N) is 2. The van der Waals surface area contributed by atoms with Crippen LogP contribution in [0.5, 0.6) is 0 Å². The lowest BCUT2D eigenvalue weighted by Crippen LogP contribution is -2.55. The standard InChI is InChI=1S/C29H34F2N6O4/c30-23-5-1-3-21(24(23)31)19-6-7-20(18-37(17-19)28(40)36-13-15-41-16-14-36)33-27(39)35-11-8-29(9-12-35)22-4-2-10-32-25(22)34-26(29)38/h1-5,10,19-20H,6-9,11-18H2,(H,33,39)(H,32,34,38)/t19-,20-/m1/s1. The zero-order valence-electron chi connectivity index (χ0n) is 22.8. The predicted octanol–water partition coefficient (Wildman–Crippen LogP) is 3.06.